The Morgan fingerprint density at radius 2 is 2.00 bits per heavy atom. The molecule has 0 aliphatic heterocycles. The van der Waals surface area contributed by atoms with Gasteiger partial charge in [-0.3, -0.25) is 0 Å². The Balaban J connectivity index is 2.31. The third-order valence-electron chi connectivity index (χ3n) is 1.81. The number of halogens is 2. The summed E-state index contributed by atoms with van der Waals surface area (Å²) in [6.45, 7) is 7.18. The number of rotatable bonds is 2. The molecule has 0 radical (unpaired) electrons. The molecule has 0 nitrogen and oxygen atoms in total. The first kappa shape index (κ1) is 9.08. The highest BCUT2D eigenvalue weighted by atomic mass is 79.9. The average molecular weight is 242 g/mol. The van der Waals surface area contributed by atoms with E-state index in [1.165, 1.54) is 12.5 Å². The third-order valence-corrected chi connectivity index (χ3v) is 4.97. The van der Waals surface area contributed by atoms with Gasteiger partial charge in [0.15, 0.2) is 0 Å². The first-order valence-corrected chi connectivity index (χ1v) is 8.57. The molecule has 1 aliphatic carbocycles. The van der Waals surface area contributed by atoms with Crippen LogP contribution in [0.2, 0.25) is 25.7 Å². The maximum absolute atomic E-state index is 6.05. The smallest absolute Gasteiger partial charge is 0.102 e. The fraction of sp³-hybridized carbons (Fsp3) is 1.00. The van der Waals surface area contributed by atoms with Crippen LogP contribution in [-0.4, -0.2) is 11.9 Å². The Morgan fingerprint density at radius 3 is 2.10 bits per heavy atom. The molecule has 1 unspecified atom stereocenters. The molecular formula is C7H14BrClSi. The minimum absolute atomic E-state index is 0.00667. The van der Waals surface area contributed by atoms with Gasteiger partial charge >= 0.3 is 0 Å². The molecule has 60 valence electrons. The fourth-order valence-electron chi connectivity index (χ4n) is 1.23. The Hall–Kier alpha value is 0.987. The van der Waals surface area contributed by atoms with Crippen molar-refractivity contribution in [2.24, 2.45) is 5.92 Å². The molecule has 2 atom stereocenters. The van der Waals surface area contributed by atoms with Crippen LogP contribution >= 0.6 is 27.5 Å². The van der Waals surface area contributed by atoms with Crippen molar-refractivity contribution in [1.82, 2.24) is 0 Å². The molecule has 10 heavy (non-hydrogen) atoms. The van der Waals surface area contributed by atoms with Crippen LogP contribution in [0, 0.1) is 5.92 Å². The van der Waals surface area contributed by atoms with Crippen LogP contribution in [0.15, 0.2) is 0 Å². The fourth-order valence-corrected chi connectivity index (χ4v) is 4.45. The summed E-state index contributed by atoms with van der Waals surface area (Å²) in [6, 6.07) is 1.36. The van der Waals surface area contributed by atoms with Crippen molar-refractivity contribution in [2.75, 3.05) is 0 Å². The number of alkyl halides is 2. The maximum atomic E-state index is 6.05. The van der Waals surface area contributed by atoms with Gasteiger partial charge in [0.1, 0.15) is 3.78 Å². The van der Waals surface area contributed by atoms with Gasteiger partial charge in [-0.05, 0) is 12.3 Å². The quantitative estimate of drug-likeness (QED) is 0.511. The van der Waals surface area contributed by atoms with E-state index in [0.717, 1.165) is 5.92 Å². The van der Waals surface area contributed by atoms with Gasteiger partial charge in [-0.1, -0.05) is 41.6 Å². The summed E-state index contributed by atoms with van der Waals surface area (Å²) in [5, 5.41) is 0. The largest absolute Gasteiger partial charge is 0.106 e. The second kappa shape index (κ2) is 2.49. The topological polar surface area (TPSA) is 0 Å². The molecule has 1 saturated carbocycles. The predicted molar refractivity (Wildman–Crippen MR) is 53.8 cm³/mol. The van der Waals surface area contributed by atoms with E-state index >= 15 is 0 Å². The molecule has 3 heteroatoms. The van der Waals surface area contributed by atoms with E-state index in [1.54, 1.807) is 0 Å². The Kier molecular flexibility index (Phi) is 2.26. The summed E-state index contributed by atoms with van der Waals surface area (Å²) in [7, 11) is -0.861. The van der Waals surface area contributed by atoms with E-state index in [2.05, 4.69) is 35.6 Å². The highest BCUT2D eigenvalue weighted by Crippen LogP contribution is 2.57. The Labute approximate surface area is 77.5 Å². The van der Waals surface area contributed by atoms with Crippen molar-refractivity contribution in [1.29, 1.82) is 0 Å². The molecule has 1 aliphatic rings. The van der Waals surface area contributed by atoms with E-state index in [1.807, 2.05) is 0 Å². The second-order valence-corrected chi connectivity index (χ2v) is 12.5. The van der Waals surface area contributed by atoms with Crippen molar-refractivity contribution in [3.05, 3.63) is 0 Å². The van der Waals surface area contributed by atoms with Crippen molar-refractivity contribution < 1.29 is 0 Å². The van der Waals surface area contributed by atoms with Crippen molar-refractivity contribution in [2.45, 2.75) is 35.9 Å². The molecule has 0 saturated heterocycles. The predicted octanol–water partition coefficient (Wildman–Crippen LogP) is 3.67. The van der Waals surface area contributed by atoms with E-state index in [0.29, 0.717) is 0 Å². The summed E-state index contributed by atoms with van der Waals surface area (Å²) < 4.78 is -0.00667. The van der Waals surface area contributed by atoms with Gasteiger partial charge in [0.25, 0.3) is 0 Å². The van der Waals surface area contributed by atoms with Gasteiger partial charge in [0.05, 0.1) is 0 Å². The van der Waals surface area contributed by atoms with Gasteiger partial charge < -0.3 is 0 Å². The normalized spacial score (nSPS) is 39.9. The molecule has 0 spiro atoms. The summed E-state index contributed by atoms with van der Waals surface area (Å²) in [5.74, 6) is 0.751. The summed E-state index contributed by atoms with van der Waals surface area (Å²) in [5.41, 5.74) is 0. The summed E-state index contributed by atoms with van der Waals surface area (Å²) in [6.07, 6.45) is 1.17. The van der Waals surface area contributed by atoms with E-state index in [4.69, 9.17) is 11.6 Å². The standard InChI is InChI=1S/C7H14BrClSi/c1-10(2,3)5-6-4-7(6,8)9/h6H,4-5H2,1-3H3/t6-,7?/m1/s1. The lowest BCUT2D eigenvalue weighted by molar-refractivity contribution is 0.939. The lowest BCUT2D eigenvalue weighted by Gasteiger charge is -2.15. The summed E-state index contributed by atoms with van der Waals surface area (Å²) in [4.78, 5) is 0. The Morgan fingerprint density at radius 1 is 1.60 bits per heavy atom. The highest BCUT2D eigenvalue weighted by molar-refractivity contribution is 9.10. The van der Waals surface area contributed by atoms with Gasteiger partial charge in [-0.25, -0.2) is 0 Å². The van der Waals surface area contributed by atoms with E-state index in [9.17, 15) is 0 Å². The monoisotopic (exact) mass is 240 g/mol. The second-order valence-electron chi connectivity index (χ2n) is 4.43. The van der Waals surface area contributed by atoms with Crippen LogP contribution in [0.5, 0.6) is 0 Å². The van der Waals surface area contributed by atoms with Crippen LogP contribution in [0.1, 0.15) is 6.42 Å². The SMILES string of the molecule is C[Si](C)(C)C[C@H]1CC1(Cl)Br. The van der Waals surface area contributed by atoms with Crippen molar-refractivity contribution in [3.8, 4) is 0 Å². The average Bonchev–Trinajstić information content (AvgIpc) is 2.05. The van der Waals surface area contributed by atoms with Crippen molar-refractivity contribution in [3.63, 3.8) is 0 Å². The first-order chi connectivity index (χ1) is 4.31. The third kappa shape index (κ3) is 2.55. The zero-order chi connectivity index (χ0) is 7.99. The van der Waals surface area contributed by atoms with Crippen LogP contribution in [0.4, 0.5) is 0 Å². The maximum Gasteiger partial charge on any atom is 0.102 e. The molecule has 1 fully saturated rings. The van der Waals surface area contributed by atoms with Crippen LogP contribution < -0.4 is 0 Å². The number of hydrogen-bond donors (Lipinski definition) is 0. The van der Waals surface area contributed by atoms with E-state index < -0.39 is 8.07 Å². The van der Waals surface area contributed by atoms with Gasteiger partial charge in [-0.2, -0.15) is 0 Å². The van der Waals surface area contributed by atoms with Crippen LogP contribution in [-0.2, 0) is 0 Å². The highest BCUT2D eigenvalue weighted by Gasteiger charge is 2.51. The molecule has 0 bridgehead atoms. The van der Waals surface area contributed by atoms with Gasteiger partial charge in [0.2, 0.25) is 0 Å². The minimum atomic E-state index is -0.861. The van der Waals surface area contributed by atoms with Gasteiger partial charge in [0, 0.05) is 8.07 Å². The molecule has 0 aromatic carbocycles. The lowest BCUT2D eigenvalue weighted by Crippen LogP contribution is -2.20. The van der Waals surface area contributed by atoms with Gasteiger partial charge in [-0.15, -0.1) is 11.6 Å². The molecule has 0 heterocycles. The first-order valence-electron chi connectivity index (χ1n) is 3.69. The van der Waals surface area contributed by atoms with Crippen LogP contribution in [0.25, 0.3) is 0 Å². The number of hydrogen-bond acceptors (Lipinski definition) is 0. The van der Waals surface area contributed by atoms with E-state index in [-0.39, 0.29) is 3.78 Å². The van der Waals surface area contributed by atoms with Crippen LogP contribution in [0.3, 0.4) is 0 Å². The minimum Gasteiger partial charge on any atom is -0.106 e. The molecule has 0 amide bonds. The zero-order valence-electron chi connectivity index (χ0n) is 6.75. The zero-order valence-corrected chi connectivity index (χ0v) is 10.1. The molecule has 0 aromatic heterocycles. The lowest BCUT2D eigenvalue weighted by atomic mass is 10.5. The molecule has 1 rings (SSSR count). The molecular weight excluding hydrogens is 228 g/mol. The van der Waals surface area contributed by atoms with Crippen molar-refractivity contribution >= 4 is 35.6 Å². The summed E-state index contributed by atoms with van der Waals surface area (Å²) >= 11 is 9.55. The molecule has 0 aromatic rings. The molecule has 0 N–H and O–H groups in total. The Bertz CT molecular complexity index is 139.